The van der Waals surface area contributed by atoms with Gasteiger partial charge in [-0.3, -0.25) is 9.48 Å². The third-order valence-electron chi connectivity index (χ3n) is 3.34. The largest absolute Gasteiger partial charge is 0.345 e. The Kier molecular flexibility index (Phi) is 2.98. The minimum atomic E-state index is -0.115. The highest BCUT2D eigenvalue weighted by Crippen LogP contribution is 2.14. The monoisotopic (exact) mass is 269 g/mol. The topological polar surface area (TPSA) is 64.7 Å². The molecule has 0 aliphatic rings. The number of aromatic nitrogens is 4. The van der Waals surface area contributed by atoms with E-state index in [9.17, 15) is 4.79 Å². The number of hydrogen-bond acceptors (Lipinski definition) is 3. The average Bonchev–Trinajstić information content (AvgIpc) is 3.03. The number of benzene rings is 1. The molecule has 0 aliphatic carbocycles. The highest BCUT2D eigenvalue weighted by Gasteiger charge is 2.09. The van der Waals surface area contributed by atoms with E-state index in [0.29, 0.717) is 12.1 Å². The summed E-state index contributed by atoms with van der Waals surface area (Å²) in [6.07, 6.45) is 5.34. The molecule has 0 radical (unpaired) electrons. The van der Waals surface area contributed by atoms with E-state index in [0.717, 1.165) is 16.7 Å². The van der Waals surface area contributed by atoms with Crippen LogP contribution in [0.4, 0.5) is 0 Å². The van der Waals surface area contributed by atoms with E-state index in [1.807, 2.05) is 37.0 Å². The SMILES string of the molecule is Cn1ccnc1CNC(=O)c1ccc2cnn(C)c2c1. The maximum absolute atomic E-state index is 12.2. The molecule has 0 saturated carbocycles. The fourth-order valence-corrected chi connectivity index (χ4v) is 2.11. The minimum Gasteiger partial charge on any atom is -0.345 e. The highest BCUT2D eigenvalue weighted by molar-refractivity contribution is 5.97. The van der Waals surface area contributed by atoms with Crippen LogP contribution in [0.15, 0.2) is 36.8 Å². The van der Waals surface area contributed by atoms with E-state index >= 15 is 0 Å². The number of carbonyl (C=O) groups is 1. The molecule has 0 spiro atoms. The molecule has 1 aromatic carbocycles. The quantitative estimate of drug-likeness (QED) is 0.778. The minimum absolute atomic E-state index is 0.115. The van der Waals surface area contributed by atoms with Crippen LogP contribution in [0.2, 0.25) is 0 Å². The van der Waals surface area contributed by atoms with E-state index < -0.39 is 0 Å². The average molecular weight is 269 g/mol. The summed E-state index contributed by atoms with van der Waals surface area (Å²) in [7, 11) is 3.76. The second-order valence-corrected chi connectivity index (χ2v) is 4.68. The van der Waals surface area contributed by atoms with Crippen molar-refractivity contribution in [1.82, 2.24) is 24.6 Å². The summed E-state index contributed by atoms with van der Waals surface area (Å²) in [5.74, 6) is 0.705. The lowest BCUT2D eigenvalue weighted by Crippen LogP contribution is -2.24. The standard InChI is InChI=1S/C14H15N5O/c1-18-6-5-15-13(18)9-16-14(20)10-3-4-11-8-17-19(2)12(11)7-10/h3-8H,9H2,1-2H3,(H,16,20). The summed E-state index contributed by atoms with van der Waals surface area (Å²) < 4.78 is 3.63. The molecule has 2 aromatic heterocycles. The van der Waals surface area contributed by atoms with Crippen LogP contribution < -0.4 is 5.32 Å². The van der Waals surface area contributed by atoms with Gasteiger partial charge < -0.3 is 9.88 Å². The molecule has 0 saturated heterocycles. The lowest BCUT2D eigenvalue weighted by Gasteiger charge is -2.06. The number of rotatable bonds is 3. The third kappa shape index (κ3) is 2.16. The highest BCUT2D eigenvalue weighted by atomic mass is 16.1. The first-order chi connectivity index (χ1) is 9.65. The molecular formula is C14H15N5O. The zero-order valence-corrected chi connectivity index (χ0v) is 11.4. The Morgan fingerprint density at radius 3 is 2.95 bits per heavy atom. The van der Waals surface area contributed by atoms with Gasteiger partial charge in [0.05, 0.1) is 18.3 Å². The second kappa shape index (κ2) is 4.80. The zero-order chi connectivity index (χ0) is 14.1. The Bertz CT molecular complexity index is 771. The molecule has 0 unspecified atom stereocenters. The fourth-order valence-electron chi connectivity index (χ4n) is 2.11. The molecule has 3 aromatic rings. The predicted molar refractivity (Wildman–Crippen MR) is 75.1 cm³/mol. The van der Waals surface area contributed by atoms with Crippen LogP contribution in [0.5, 0.6) is 0 Å². The summed E-state index contributed by atoms with van der Waals surface area (Å²) in [4.78, 5) is 16.3. The molecule has 20 heavy (non-hydrogen) atoms. The molecule has 0 atom stereocenters. The van der Waals surface area contributed by atoms with Crippen molar-refractivity contribution in [3.8, 4) is 0 Å². The van der Waals surface area contributed by atoms with Crippen LogP contribution in [-0.4, -0.2) is 25.2 Å². The van der Waals surface area contributed by atoms with E-state index in [1.165, 1.54) is 0 Å². The van der Waals surface area contributed by atoms with Crippen LogP contribution in [-0.2, 0) is 20.6 Å². The lowest BCUT2D eigenvalue weighted by atomic mass is 10.1. The molecule has 2 heterocycles. The van der Waals surface area contributed by atoms with Gasteiger partial charge in [0, 0.05) is 37.4 Å². The predicted octanol–water partition coefficient (Wildman–Crippen LogP) is 1.24. The maximum atomic E-state index is 12.2. The third-order valence-corrected chi connectivity index (χ3v) is 3.34. The van der Waals surface area contributed by atoms with Crippen LogP contribution in [0.25, 0.3) is 10.9 Å². The van der Waals surface area contributed by atoms with Crippen molar-refractivity contribution in [3.63, 3.8) is 0 Å². The number of hydrogen-bond donors (Lipinski definition) is 1. The summed E-state index contributed by atoms with van der Waals surface area (Å²) in [6.45, 7) is 0.408. The molecular weight excluding hydrogens is 254 g/mol. The Hall–Kier alpha value is -2.63. The Morgan fingerprint density at radius 2 is 2.20 bits per heavy atom. The van der Waals surface area contributed by atoms with Gasteiger partial charge >= 0.3 is 0 Å². The second-order valence-electron chi connectivity index (χ2n) is 4.68. The van der Waals surface area contributed by atoms with Crippen molar-refractivity contribution in [1.29, 1.82) is 0 Å². The van der Waals surface area contributed by atoms with Crippen molar-refractivity contribution in [2.45, 2.75) is 6.54 Å². The van der Waals surface area contributed by atoms with Crippen molar-refractivity contribution in [3.05, 3.63) is 48.2 Å². The molecule has 1 amide bonds. The van der Waals surface area contributed by atoms with E-state index in [1.54, 1.807) is 23.1 Å². The number of amides is 1. The van der Waals surface area contributed by atoms with Gasteiger partial charge in [-0.25, -0.2) is 4.98 Å². The van der Waals surface area contributed by atoms with Crippen molar-refractivity contribution >= 4 is 16.8 Å². The van der Waals surface area contributed by atoms with Crippen molar-refractivity contribution in [2.24, 2.45) is 14.1 Å². The normalized spacial score (nSPS) is 10.9. The first-order valence-corrected chi connectivity index (χ1v) is 6.31. The van der Waals surface area contributed by atoms with Crippen molar-refractivity contribution < 1.29 is 4.79 Å². The van der Waals surface area contributed by atoms with E-state index in [4.69, 9.17) is 0 Å². The summed E-state index contributed by atoms with van der Waals surface area (Å²) in [5.41, 5.74) is 1.56. The van der Waals surface area contributed by atoms with Gasteiger partial charge in [-0.1, -0.05) is 6.07 Å². The molecule has 0 fully saturated rings. The fraction of sp³-hybridized carbons (Fsp3) is 0.214. The Morgan fingerprint density at radius 1 is 1.35 bits per heavy atom. The zero-order valence-electron chi connectivity index (χ0n) is 11.4. The van der Waals surface area contributed by atoms with Crippen LogP contribution in [0.1, 0.15) is 16.2 Å². The van der Waals surface area contributed by atoms with Crippen molar-refractivity contribution in [2.75, 3.05) is 0 Å². The Labute approximate surface area is 116 Å². The van der Waals surface area contributed by atoms with Crippen LogP contribution in [0.3, 0.4) is 0 Å². The molecule has 6 nitrogen and oxygen atoms in total. The van der Waals surface area contributed by atoms with Crippen LogP contribution >= 0.6 is 0 Å². The smallest absolute Gasteiger partial charge is 0.251 e. The molecule has 102 valence electrons. The molecule has 3 rings (SSSR count). The van der Waals surface area contributed by atoms with Gasteiger partial charge in [-0.05, 0) is 12.1 Å². The first-order valence-electron chi connectivity index (χ1n) is 6.31. The molecule has 0 bridgehead atoms. The van der Waals surface area contributed by atoms with E-state index in [-0.39, 0.29) is 5.91 Å². The van der Waals surface area contributed by atoms with Gasteiger partial charge in [0.25, 0.3) is 5.91 Å². The van der Waals surface area contributed by atoms with Gasteiger partial charge in [0.2, 0.25) is 0 Å². The van der Waals surface area contributed by atoms with Gasteiger partial charge in [-0.15, -0.1) is 0 Å². The molecule has 0 aliphatic heterocycles. The van der Waals surface area contributed by atoms with Gasteiger partial charge in [0.15, 0.2) is 0 Å². The first kappa shape index (κ1) is 12.4. The Balaban J connectivity index is 1.78. The summed E-state index contributed by atoms with van der Waals surface area (Å²) in [6, 6.07) is 5.55. The number of nitrogens with zero attached hydrogens (tertiary/aromatic N) is 4. The number of carbonyl (C=O) groups excluding carboxylic acids is 1. The lowest BCUT2D eigenvalue weighted by molar-refractivity contribution is 0.0949. The van der Waals surface area contributed by atoms with Gasteiger partial charge in [-0.2, -0.15) is 5.10 Å². The maximum Gasteiger partial charge on any atom is 0.251 e. The number of imidazole rings is 1. The number of nitrogens with one attached hydrogen (secondary N) is 1. The summed E-state index contributed by atoms with van der Waals surface area (Å²) in [5, 5.41) is 8.05. The number of aryl methyl sites for hydroxylation is 2. The summed E-state index contributed by atoms with van der Waals surface area (Å²) >= 11 is 0. The van der Waals surface area contributed by atoms with E-state index in [2.05, 4.69) is 15.4 Å². The number of fused-ring (bicyclic) bond motifs is 1. The van der Waals surface area contributed by atoms with Crippen LogP contribution in [0, 0.1) is 0 Å². The molecule has 6 heteroatoms. The van der Waals surface area contributed by atoms with Gasteiger partial charge in [0.1, 0.15) is 5.82 Å². The molecule has 1 N–H and O–H groups in total.